The van der Waals surface area contributed by atoms with Crippen molar-refractivity contribution in [3.05, 3.63) is 66.2 Å². The summed E-state index contributed by atoms with van der Waals surface area (Å²) in [5.74, 6) is 0.0105. The van der Waals surface area contributed by atoms with Crippen LogP contribution in [-0.2, 0) is 11.3 Å². The van der Waals surface area contributed by atoms with Gasteiger partial charge >= 0.3 is 6.61 Å². The lowest BCUT2D eigenvalue weighted by molar-refractivity contribution is -0.114. The average Bonchev–Trinajstić information content (AvgIpc) is 2.61. The van der Waals surface area contributed by atoms with Crippen LogP contribution in [0.5, 0.6) is 5.75 Å². The predicted octanol–water partition coefficient (Wildman–Crippen LogP) is 5.01. The molecule has 0 spiro atoms. The van der Waals surface area contributed by atoms with Crippen LogP contribution in [-0.4, -0.2) is 12.5 Å². The number of nitrogens with one attached hydrogen (secondary N) is 2. The first-order chi connectivity index (χ1) is 12.5. The minimum Gasteiger partial charge on any atom is -0.434 e. The summed E-state index contributed by atoms with van der Waals surface area (Å²) in [4.78, 5) is 11.1. The smallest absolute Gasteiger partial charge is 0.387 e. The van der Waals surface area contributed by atoms with E-state index >= 15 is 0 Å². The van der Waals surface area contributed by atoms with Gasteiger partial charge in [-0.1, -0.05) is 30.3 Å². The van der Waals surface area contributed by atoms with Gasteiger partial charge in [0.15, 0.2) is 0 Å². The number of hydrogen-bond acceptors (Lipinski definition) is 3. The molecule has 0 aliphatic rings. The van der Waals surface area contributed by atoms with Crippen molar-refractivity contribution in [1.29, 1.82) is 0 Å². The van der Waals surface area contributed by atoms with Gasteiger partial charge in [-0.15, -0.1) is 0 Å². The molecule has 6 heteroatoms. The number of benzene rings is 3. The zero-order valence-electron chi connectivity index (χ0n) is 14.1. The van der Waals surface area contributed by atoms with E-state index in [4.69, 9.17) is 0 Å². The number of fused-ring (bicyclic) bond motifs is 1. The maximum Gasteiger partial charge on any atom is 0.387 e. The van der Waals surface area contributed by atoms with Crippen LogP contribution in [0.4, 0.5) is 20.2 Å². The molecule has 0 radical (unpaired) electrons. The molecule has 4 nitrogen and oxygen atoms in total. The fourth-order valence-electron chi connectivity index (χ4n) is 2.77. The quantitative estimate of drug-likeness (QED) is 0.653. The fraction of sp³-hybridized carbons (Fsp3) is 0.150. The first-order valence-corrected chi connectivity index (χ1v) is 8.10. The molecular formula is C20H18F2N2O2. The van der Waals surface area contributed by atoms with Crippen LogP contribution in [0.25, 0.3) is 10.8 Å². The van der Waals surface area contributed by atoms with Crippen LogP contribution < -0.4 is 15.4 Å². The van der Waals surface area contributed by atoms with E-state index in [1.807, 2.05) is 36.4 Å². The average molecular weight is 356 g/mol. The predicted molar refractivity (Wildman–Crippen MR) is 98.7 cm³/mol. The maximum absolute atomic E-state index is 12.7. The minimum absolute atomic E-state index is 0.143. The second-order valence-electron chi connectivity index (χ2n) is 5.75. The van der Waals surface area contributed by atoms with Gasteiger partial charge in [-0.2, -0.15) is 8.78 Å². The molecule has 0 aromatic heterocycles. The van der Waals surface area contributed by atoms with Crippen molar-refractivity contribution < 1.29 is 18.3 Å². The van der Waals surface area contributed by atoms with Crippen molar-refractivity contribution >= 4 is 28.1 Å². The van der Waals surface area contributed by atoms with Crippen molar-refractivity contribution in [3.8, 4) is 5.75 Å². The van der Waals surface area contributed by atoms with E-state index < -0.39 is 6.61 Å². The van der Waals surface area contributed by atoms with Crippen LogP contribution in [0.15, 0.2) is 60.7 Å². The fourth-order valence-corrected chi connectivity index (χ4v) is 2.77. The van der Waals surface area contributed by atoms with Gasteiger partial charge in [-0.05, 0) is 41.1 Å². The van der Waals surface area contributed by atoms with Gasteiger partial charge in [0.2, 0.25) is 5.91 Å². The SMILES string of the molecule is CC(=O)Nc1ccc(NCc2c(OC(F)F)ccc3ccccc23)cc1. The highest BCUT2D eigenvalue weighted by Crippen LogP contribution is 2.30. The lowest BCUT2D eigenvalue weighted by atomic mass is 10.0. The molecule has 1 amide bonds. The van der Waals surface area contributed by atoms with E-state index in [0.29, 0.717) is 17.8 Å². The van der Waals surface area contributed by atoms with Crippen molar-refractivity contribution in [3.63, 3.8) is 0 Å². The number of anilines is 2. The molecular weight excluding hydrogens is 338 g/mol. The Hall–Kier alpha value is -3.15. The van der Waals surface area contributed by atoms with Gasteiger partial charge in [0.05, 0.1) is 0 Å². The lowest BCUT2D eigenvalue weighted by Gasteiger charge is -2.15. The molecule has 0 saturated heterocycles. The van der Waals surface area contributed by atoms with Crippen LogP contribution >= 0.6 is 0 Å². The number of ether oxygens (including phenoxy) is 1. The van der Waals surface area contributed by atoms with E-state index in [0.717, 1.165) is 16.5 Å². The van der Waals surface area contributed by atoms with Gasteiger partial charge in [0.1, 0.15) is 5.75 Å². The molecule has 3 rings (SSSR count). The molecule has 0 atom stereocenters. The summed E-state index contributed by atoms with van der Waals surface area (Å²) in [5, 5.41) is 7.71. The highest BCUT2D eigenvalue weighted by atomic mass is 19.3. The van der Waals surface area contributed by atoms with Crippen LogP contribution in [0, 0.1) is 0 Å². The van der Waals surface area contributed by atoms with Crippen molar-refractivity contribution in [1.82, 2.24) is 0 Å². The van der Waals surface area contributed by atoms with Crippen LogP contribution in [0.1, 0.15) is 12.5 Å². The molecule has 0 heterocycles. The zero-order chi connectivity index (χ0) is 18.5. The molecule has 134 valence electrons. The molecule has 0 unspecified atom stereocenters. The second-order valence-corrected chi connectivity index (χ2v) is 5.75. The van der Waals surface area contributed by atoms with Gasteiger partial charge < -0.3 is 15.4 Å². The standard InChI is InChI=1S/C20H18F2N2O2/c1-13(25)24-16-9-7-15(8-10-16)23-12-18-17-5-3-2-4-14(17)6-11-19(18)26-20(21)22/h2-11,20,23H,12H2,1H3,(H,24,25). The van der Waals surface area contributed by atoms with Gasteiger partial charge in [-0.3, -0.25) is 4.79 Å². The third kappa shape index (κ3) is 4.27. The van der Waals surface area contributed by atoms with Gasteiger partial charge in [-0.25, -0.2) is 0 Å². The highest BCUT2D eigenvalue weighted by molar-refractivity contribution is 5.89. The number of alkyl halides is 2. The molecule has 0 bridgehead atoms. The third-order valence-corrected chi connectivity index (χ3v) is 3.89. The number of carbonyl (C=O) groups excluding carboxylic acids is 1. The van der Waals surface area contributed by atoms with E-state index in [2.05, 4.69) is 15.4 Å². The number of hydrogen-bond donors (Lipinski definition) is 2. The number of amides is 1. The van der Waals surface area contributed by atoms with Crippen molar-refractivity contribution in [2.75, 3.05) is 10.6 Å². The van der Waals surface area contributed by atoms with E-state index in [9.17, 15) is 13.6 Å². The Morgan fingerprint density at radius 1 is 1.00 bits per heavy atom. The van der Waals surface area contributed by atoms with Crippen molar-refractivity contribution in [2.24, 2.45) is 0 Å². The second kappa shape index (κ2) is 7.82. The molecule has 0 saturated carbocycles. The largest absolute Gasteiger partial charge is 0.434 e. The number of rotatable bonds is 6. The molecule has 2 N–H and O–H groups in total. The Labute approximate surface area is 149 Å². The third-order valence-electron chi connectivity index (χ3n) is 3.89. The summed E-state index contributed by atoms with van der Waals surface area (Å²) in [6.07, 6.45) is 0. The van der Waals surface area contributed by atoms with Crippen LogP contribution in [0.3, 0.4) is 0 Å². The minimum atomic E-state index is -2.88. The van der Waals surface area contributed by atoms with E-state index in [-0.39, 0.29) is 11.7 Å². The maximum atomic E-state index is 12.7. The summed E-state index contributed by atoms with van der Waals surface area (Å²) in [6.45, 7) is -1.12. The monoisotopic (exact) mass is 356 g/mol. The summed E-state index contributed by atoms with van der Waals surface area (Å²) in [6, 6.07) is 18.0. The lowest BCUT2D eigenvalue weighted by Crippen LogP contribution is -2.08. The molecule has 0 aliphatic carbocycles. The summed E-state index contributed by atoms with van der Waals surface area (Å²) >= 11 is 0. The molecule has 3 aromatic carbocycles. The molecule has 0 aliphatic heterocycles. The Balaban J connectivity index is 1.84. The topological polar surface area (TPSA) is 50.4 Å². The normalized spacial score (nSPS) is 10.8. The summed E-state index contributed by atoms with van der Waals surface area (Å²) in [7, 11) is 0. The Morgan fingerprint density at radius 2 is 1.69 bits per heavy atom. The van der Waals surface area contributed by atoms with Crippen LogP contribution in [0.2, 0.25) is 0 Å². The highest BCUT2D eigenvalue weighted by Gasteiger charge is 2.13. The Kier molecular flexibility index (Phi) is 5.31. The van der Waals surface area contributed by atoms with E-state index in [1.165, 1.54) is 6.92 Å². The van der Waals surface area contributed by atoms with Gasteiger partial charge in [0, 0.05) is 30.4 Å². The first-order valence-electron chi connectivity index (χ1n) is 8.10. The first kappa shape index (κ1) is 17.7. The zero-order valence-corrected chi connectivity index (χ0v) is 14.1. The molecule has 26 heavy (non-hydrogen) atoms. The van der Waals surface area contributed by atoms with E-state index in [1.54, 1.807) is 24.3 Å². The number of carbonyl (C=O) groups is 1. The Bertz CT molecular complexity index is 911. The summed E-state index contributed by atoms with van der Waals surface area (Å²) in [5.41, 5.74) is 2.15. The van der Waals surface area contributed by atoms with Crippen molar-refractivity contribution in [2.45, 2.75) is 20.1 Å². The molecule has 3 aromatic rings. The Morgan fingerprint density at radius 3 is 2.38 bits per heavy atom. The molecule has 0 fully saturated rings. The number of halogens is 2. The van der Waals surface area contributed by atoms with Gasteiger partial charge in [0.25, 0.3) is 0 Å². The summed E-state index contributed by atoms with van der Waals surface area (Å²) < 4.78 is 30.2.